The van der Waals surface area contributed by atoms with E-state index in [9.17, 15) is 14.0 Å². The third kappa shape index (κ3) is 4.10. The number of nitrogens with one attached hydrogen (secondary N) is 1. The van der Waals surface area contributed by atoms with E-state index in [0.29, 0.717) is 23.5 Å². The molecule has 0 fully saturated rings. The zero-order valence-corrected chi connectivity index (χ0v) is 15.7. The molecule has 1 aliphatic rings. The molecule has 2 aromatic carbocycles. The van der Waals surface area contributed by atoms with Crippen molar-refractivity contribution in [2.75, 3.05) is 5.32 Å². The van der Waals surface area contributed by atoms with Crippen LogP contribution >= 0.6 is 0 Å². The Bertz CT molecular complexity index is 851. The fourth-order valence-corrected chi connectivity index (χ4v) is 3.03. The zero-order chi connectivity index (χ0) is 19.6. The Morgan fingerprint density at radius 1 is 1.30 bits per heavy atom. The Morgan fingerprint density at radius 2 is 2.00 bits per heavy atom. The minimum Gasteiger partial charge on any atom is -0.481 e. The molecule has 2 atom stereocenters. The van der Waals surface area contributed by atoms with Crippen molar-refractivity contribution in [3.8, 4) is 5.75 Å². The van der Waals surface area contributed by atoms with E-state index < -0.39 is 11.9 Å². The summed E-state index contributed by atoms with van der Waals surface area (Å²) in [6.45, 7) is 6.22. The van der Waals surface area contributed by atoms with Crippen molar-refractivity contribution in [1.29, 1.82) is 0 Å². The molecule has 0 saturated heterocycles. The number of benzene rings is 2. The van der Waals surface area contributed by atoms with E-state index in [1.54, 1.807) is 19.1 Å². The van der Waals surface area contributed by atoms with Crippen LogP contribution in [0.2, 0.25) is 0 Å². The predicted molar refractivity (Wildman–Crippen MR) is 101 cm³/mol. The minimum absolute atomic E-state index is 0.0440. The van der Waals surface area contributed by atoms with Crippen LogP contribution in [0, 0.1) is 5.82 Å². The molecule has 0 bridgehead atoms. The summed E-state index contributed by atoms with van der Waals surface area (Å²) < 4.78 is 18.8. The minimum atomic E-state index is -0.556. The summed E-state index contributed by atoms with van der Waals surface area (Å²) in [5.74, 6) is -0.121. The number of ether oxygens (including phenoxy) is 1. The van der Waals surface area contributed by atoms with Crippen molar-refractivity contribution >= 4 is 17.5 Å². The van der Waals surface area contributed by atoms with Crippen molar-refractivity contribution < 1.29 is 18.7 Å². The summed E-state index contributed by atoms with van der Waals surface area (Å²) in [5, 5.41) is 2.81. The first kappa shape index (κ1) is 18.9. The maximum absolute atomic E-state index is 13.0. The maximum Gasteiger partial charge on any atom is 0.263 e. The highest BCUT2D eigenvalue weighted by molar-refractivity contribution is 6.04. The van der Waals surface area contributed by atoms with E-state index in [-0.39, 0.29) is 17.9 Å². The first-order valence-electron chi connectivity index (χ1n) is 9.06. The van der Waals surface area contributed by atoms with Gasteiger partial charge >= 0.3 is 0 Å². The van der Waals surface area contributed by atoms with E-state index in [1.807, 2.05) is 24.8 Å². The van der Waals surface area contributed by atoms with Gasteiger partial charge in [-0.2, -0.15) is 0 Å². The molecule has 0 saturated carbocycles. The third-order valence-electron chi connectivity index (χ3n) is 4.82. The van der Waals surface area contributed by atoms with Crippen LogP contribution in [-0.2, 0) is 11.3 Å². The van der Waals surface area contributed by atoms with E-state index in [1.165, 1.54) is 24.3 Å². The Kier molecular flexibility index (Phi) is 5.44. The smallest absolute Gasteiger partial charge is 0.263 e. The van der Waals surface area contributed by atoms with Gasteiger partial charge in [-0.15, -0.1) is 0 Å². The van der Waals surface area contributed by atoms with E-state index in [2.05, 4.69) is 5.32 Å². The number of halogens is 1. The van der Waals surface area contributed by atoms with Gasteiger partial charge in [0.25, 0.3) is 11.8 Å². The molecule has 0 unspecified atom stereocenters. The number of carbonyl (C=O) groups is 2. The summed E-state index contributed by atoms with van der Waals surface area (Å²) in [7, 11) is 0. The van der Waals surface area contributed by atoms with Gasteiger partial charge in [0.15, 0.2) is 6.10 Å². The van der Waals surface area contributed by atoms with Gasteiger partial charge in [-0.1, -0.05) is 6.92 Å². The molecule has 1 heterocycles. The van der Waals surface area contributed by atoms with Crippen LogP contribution in [0.5, 0.6) is 5.75 Å². The number of anilines is 1. The van der Waals surface area contributed by atoms with Crippen molar-refractivity contribution in [3.63, 3.8) is 0 Å². The second kappa shape index (κ2) is 7.78. The Hall–Kier alpha value is -2.89. The normalized spacial score (nSPS) is 17.6. The number of amides is 2. The monoisotopic (exact) mass is 370 g/mol. The highest BCUT2D eigenvalue weighted by atomic mass is 19.1. The average molecular weight is 370 g/mol. The van der Waals surface area contributed by atoms with Crippen LogP contribution in [0.4, 0.5) is 10.1 Å². The van der Waals surface area contributed by atoms with Gasteiger partial charge in [0, 0.05) is 29.4 Å². The molecule has 1 aliphatic heterocycles. The quantitative estimate of drug-likeness (QED) is 0.885. The third-order valence-corrected chi connectivity index (χ3v) is 4.82. The highest BCUT2D eigenvalue weighted by Crippen LogP contribution is 2.30. The van der Waals surface area contributed by atoms with Crippen LogP contribution in [0.25, 0.3) is 0 Å². The highest BCUT2D eigenvalue weighted by Gasteiger charge is 2.30. The van der Waals surface area contributed by atoms with Crippen LogP contribution in [0.1, 0.15) is 43.1 Å². The molecule has 1 N–H and O–H groups in total. The topological polar surface area (TPSA) is 58.6 Å². The Labute approximate surface area is 158 Å². The summed E-state index contributed by atoms with van der Waals surface area (Å²) in [6, 6.07) is 10.8. The number of hydrogen-bond acceptors (Lipinski definition) is 3. The lowest BCUT2D eigenvalue weighted by atomic mass is 10.1. The van der Waals surface area contributed by atoms with Crippen LogP contribution < -0.4 is 10.1 Å². The van der Waals surface area contributed by atoms with Crippen molar-refractivity contribution in [1.82, 2.24) is 4.90 Å². The molecule has 27 heavy (non-hydrogen) atoms. The number of hydrogen-bond donors (Lipinski definition) is 1. The summed E-state index contributed by atoms with van der Waals surface area (Å²) in [4.78, 5) is 26.8. The number of nitrogens with zero attached hydrogens (tertiary/aromatic N) is 1. The number of carbonyl (C=O) groups excluding carboxylic acids is 2. The van der Waals surface area contributed by atoms with Crippen LogP contribution in [-0.4, -0.2) is 28.9 Å². The van der Waals surface area contributed by atoms with Gasteiger partial charge < -0.3 is 15.0 Å². The van der Waals surface area contributed by atoms with Crippen molar-refractivity contribution in [3.05, 3.63) is 59.4 Å². The molecule has 0 radical (unpaired) electrons. The number of fused-ring (bicyclic) bond motifs is 1. The summed E-state index contributed by atoms with van der Waals surface area (Å²) >= 11 is 0. The summed E-state index contributed by atoms with van der Waals surface area (Å²) in [6.07, 6.45) is 0.286. The molecule has 2 aromatic rings. The largest absolute Gasteiger partial charge is 0.481 e. The van der Waals surface area contributed by atoms with Gasteiger partial charge in [0.2, 0.25) is 0 Å². The van der Waals surface area contributed by atoms with Gasteiger partial charge in [-0.05, 0) is 62.7 Å². The lowest BCUT2D eigenvalue weighted by molar-refractivity contribution is -0.139. The fraction of sp³-hybridized carbons (Fsp3) is 0.333. The SMILES string of the molecule is CC[C@H](C)N1Cc2cc(NC(=O)c3ccc(F)cc3)ccc2O[C@@H](C)C1=O. The predicted octanol–water partition coefficient (Wildman–Crippen LogP) is 3.99. The molecule has 2 amide bonds. The maximum atomic E-state index is 13.0. The molecule has 142 valence electrons. The molecule has 3 rings (SSSR count). The zero-order valence-electron chi connectivity index (χ0n) is 15.7. The van der Waals surface area contributed by atoms with E-state index >= 15 is 0 Å². The van der Waals surface area contributed by atoms with Crippen LogP contribution in [0.3, 0.4) is 0 Å². The second-order valence-electron chi connectivity index (χ2n) is 6.77. The van der Waals surface area contributed by atoms with E-state index in [4.69, 9.17) is 4.74 Å². The Morgan fingerprint density at radius 3 is 2.67 bits per heavy atom. The summed E-state index contributed by atoms with van der Waals surface area (Å²) in [5.41, 5.74) is 1.80. The second-order valence-corrected chi connectivity index (χ2v) is 6.77. The number of rotatable bonds is 4. The molecule has 0 aromatic heterocycles. The van der Waals surface area contributed by atoms with E-state index in [0.717, 1.165) is 12.0 Å². The lowest BCUT2D eigenvalue weighted by Crippen LogP contribution is -2.42. The molecular weight excluding hydrogens is 347 g/mol. The van der Waals surface area contributed by atoms with Crippen molar-refractivity contribution in [2.24, 2.45) is 0 Å². The first-order valence-corrected chi connectivity index (χ1v) is 9.06. The molecule has 0 aliphatic carbocycles. The van der Waals surface area contributed by atoms with Gasteiger partial charge in [0.05, 0.1) is 0 Å². The van der Waals surface area contributed by atoms with Crippen molar-refractivity contribution in [2.45, 2.75) is 45.9 Å². The van der Waals surface area contributed by atoms with Crippen LogP contribution in [0.15, 0.2) is 42.5 Å². The molecular formula is C21H23FN2O3. The Balaban J connectivity index is 1.84. The molecule has 5 nitrogen and oxygen atoms in total. The molecule has 0 spiro atoms. The standard InChI is InChI=1S/C21H23FN2O3/c1-4-13(2)24-12-16-11-18(9-10-19(16)27-14(3)21(24)26)23-20(25)15-5-7-17(22)8-6-15/h5-11,13-14H,4,12H2,1-3H3,(H,23,25)/t13-,14-/m0/s1. The average Bonchev–Trinajstić information content (AvgIpc) is 2.78. The van der Waals surface area contributed by atoms with Gasteiger partial charge in [0.1, 0.15) is 11.6 Å². The van der Waals surface area contributed by atoms with Gasteiger partial charge in [-0.3, -0.25) is 9.59 Å². The first-order chi connectivity index (χ1) is 12.9. The fourth-order valence-electron chi connectivity index (χ4n) is 3.03. The molecule has 6 heteroatoms. The van der Waals surface area contributed by atoms with Gasteiger partial charge in [-0.25, -0.2) is 4.39 Å². The lowest BCUT2D eigenvalue weighted by Gasteiger charge is -2.28.